The van der Waals surface area contributed by atoms with E-state index in [-0.39, 0.29) is 12.0 Å². The molecule has 0 bridgehead atoms. The second-order valence-corrected chi connectivity index (χ2v) is 5.92. The Bertz CT molecular complexity index is 694. The Morgan fingerprint density at radius 3 is 2.70 bits per heavy atom. The molecule has 1 amide bonds. The van der Waals surface area contributed by atoms with Crippen molar-refractivity contribution in [2.24, 2.45) is 0 Å². The van der Waals surface area contributed by atoms with Gasteiger partial charge in [0.1, 0.15) is 16.9 Å². The number of rotatable bonds is 6. The number of aromatic nitrogens is 1. The molecule has 2 aromatic rings. The number of pyridine rings is 1. The highest BCUT2D eigenvalue weighted by atomic mass is 16.5. The van der Waals surface area contributed by atoms with Crippen molar-refractivity contribution < 1.29 is 14.3 Å². The molecule has 23 heavy (non-hydrogen) atoms. The lowest BCUT2D eigenvalue weighted by Gasteiger charge is -2.25. The van der Waals surface area contributed by atoms with E-state index in [4.69, 9.17) is 9.47 Å². The molecule has 0 aliphatic rings. The molecule has 1 N–H and O–H groups in total. The van der Waals surface area contributed by atoms with E-state index in [2.05, 4.69) is 10.3 Å². The molecule has 0 saturated carbocycles. The van der Waals surface area contributed by atoms with Crippen LogP contribution in [0.25, 0.3) is 10.9 Å². The smallest absolute Gasteiger partial charge is 0.256 e. The fourth-order valence-electron chi connectivity index (χ4n) is 2.26. The summed E-state index contributed by atoms with van der Waals surface area (Å²) in [6.07, 6.45) is 2.35. The average Bonchev–Trinajstić information content (AvgIpc) is 2.55. The highest BCUT2D eigenvalue weighted by molar-refractivity contribution is 6.05. The van der Waals surface area contributed by atoms with Gasteiger partial charge in [0.15, 0.2) is 0 Å². The number of ether oxygens (including phenoxy) is 2. The van der Waals surface area contributed by atoms with Gasteiger partial charge < -0.3 is 14.8 Å². The van der Waals surface area contributed by atoms with Gasteiger partial charge >= 0.3 is 0 Å². The molecule has 0 spiro atoms. The van der Waals surface area contributed by atoms with Gasteiger partial charge in [-0.05, 0) is 51.5 Å². The predicted molar refractivity (Wildman–Crippen MR) is 91.8 cm³/mol. The van der Waals surface area contributed by atoms with Crippen LogP contribution in [0.2, 0.25) is 0 Å². The van der Waals surface area contributed by atoms with Gasteiger partial charge in [-0.1, -0.05) is 6.92 Å². The van der Waals surface area contributed by atoms with Gasteiger partial charge in [0.2, 0.25) is 0 Å². The number of anilines is 1. The first-order valence-corrected chi connectivity index (χ1v) is 7.82. The first kappa shape index (κ1) is 17.2. The summed E-state index contributed by atoms with van der Waals surface area (Å²) >= 11 is 0. The zero-order chi connectivity index (χ0) is 17.0. The maximum Gasteiger partial charge on any atom is 0.256 e. The second-order valence-electron chi connectivity index (χ2n) is 5.92. The van der Waals surface area contributed by atoms with Crippen LogP contribution in [0.4, 0.5) is 5.69 Å². The summed E-state index contributed by atoms with van der Waals surface area (Å²) in [5.74, 6) is 0.531. The van der Waals surface area contributed by atoms with Crippen LogP contribution in [0.3, 0.4) is 0 Å². The molecule has 1 aromatic carbocycles. The molecule has 0 saturated heterocycles. The molecule has 124 valence electrons. The molecule has 1 aromatic heterocycles. The van der Waals surface area contributed by atoms with Gasteiger partial charge in [-0.25, -0.2) is 0 Å². The first-order valence-electron chi connectivity index (χ1n) is 7.82. The molecular formula is C18H24N2O3. The van der Waals surface area contributed by atoms with Crippen LogP contribution in [-0.4, -0.2) is 29.7 Å². The largest absolute Gasteiger partial charge is 0.489 e. The Hall–Kier alpha value is -2.14. The minimum absolute atomic E-state index is 0.0533. The molecule has 5 heteroatoms. The predicted octanol–water partition coefficient (Wildman–Crippen LogP) is 3.78. The Morgan fingerprint density at radius 2 is 2.09 bits per heavy atom. The lowest BCUT2D eigenvalue weighted by Crippen LogP contribution is -2.41. The first-order chi connectivity index (χ1) is 10.9. The number of carbonyl (C=O) groups excluding carboxylic acids is 1. The number of fused-ring (bicyclic) bond motifs is 1. The number of nitrogens with one attached hydrogen (secondary N) is 1. The van der Waals surface area contributed by atoms with Crippen LogP contribution in [0.1, 0.15) is 34.1 Å². The number of hydrogen-bond acceptors (Lipinski definition) is 4. The van der Waals surface area contributed by atoms with Crippen molar-refractivity contribution in [3.8, 4) is 5.75 Å². The van der Waals surface area contributed by atoms with E-state index in [0.29, 0.717) is 17.9 Å². The van der Waals surface area contributed by atoms with E-state index < -0.39 is 5.60 Å². The average molecular weight is 316 g/mol. The van der Waals surface area contributed by atoms with Gasteiger partial charge in [-0.15, -0.1) is 0 Å². The molecule has 1 heterocycles. The van der Waals surface area contributed by atoms with Crippen molar-refractivity contribution in [2.75, 3.05) is 12.4 Å². The van der Waals surface area contributed by atoms with Gasteiger partial charge in [0.25, 0.3) is 5.91 Å². The molecular weight excluding hydrogens is 292 g/mol. The maximum absolute atomic E-state index is 12.5. The number of amides is 1. The summed E-state index contributed by atoms with van der Waals surface area (Å²) in [7, 11) is 1.54. The second kappa shape index (κ2) is 6.96. The van der Waals surface area contributed by atoms with Crippen molar-refractivity contribution in [1.29, 1.82) is 0 Å². The monoisotopic (exact) mass is 316 g/mol. The van der Waals surface area contributed by atoms with Crippen LogP contribution in [0.15, 0.2) is 30.5 Å². The molecule has 0 fully saturated rings. The van der Waals surface area contributed by atoms with E-state index in [1.165, 1.54) is 0 Å². The summed E-state index contributed by atoms with van der Waals surface area (Å²) in [6, 6.07) is 7.43. The molecule has 0 aliphatic carbocycles. The number of carbonyl (C=O) groups is 1. The lowest BCUT2D eigenvalue weighted by atomic mass is 10.0. The normalized spacial score (nSPS) is 13.8. The zero-order valence-electron chi connectivity index (χ0n) is 14.3. The summed E-state index contributed by atoms with van der Waals surface area (Å²) in [6.45, 7) is 7.63. The van der Waals surface area contributed by atoms with Crippen LogP contribution < -0.4 is 10.1 Å². The third kappa shape index (κ3) is 3.62. The Balaban J connectivity index is 2.41. The van der Waals surface area contributed by atoms with Crippen LogP contribution in [0, 0.1) is 0 Å². The van der Waals surface area contributed by atoms with E-state index >= 15 is 0 Å². The minimum atomic E-state index is -0.859. The fraction of sp³-hybridized carbons (Fsp3) is 0.444. The maximum atomic E-state index is 12.5. The SMILES string of the molecule is CC[C@@](C)(OC)C(=O)Nc1ccc(OC(C)C)c2ncccc12. The quantitative estimate of drug-likeness (QED) is 0.881. The number of nitrogens with zero attached hydrogens (tertiary/aromatic N) is 1. The molecule has 1 atom stereocenters. The van der Waals surface area contributed by atoms with E-state index in [1.807, 2.05) is 45.0 Å². The number of benzene rings is 1. The third-order valence-electron chi connectivity index (χ3n) is 3.95. The molecule has 2 rings (SSSR count). The number of hydrogen-bond donors (Lipinski definition) is 1. The van der Waals surface area contributed by atoms with Crippen molar-refractivity contribution in [2.45, 2.75) is 45.8 Å². The topological polar surface area (TPSA) is 60.5 Å². The van der Waals surface area contributed by atoms with Crippen LogP contribution in [-0.2, 0) is 9.53 Å². The van der Waals surface area contributed by atoms with Gasteiger partial charge in [0, 0.05) is 18.7 Å². The van der Waals surface area contributed by atoms with Crippen molar-refractivity contribution >= 4 is 22.5 Å². The van der Waals surface area contributed by atoms with Crippen LogP contribution >= 0.6 is 0 Å². The fourth-order valence-corrected chi connectivity index (χ4v) is 2.26. The van der Waals surface area contributed by atoms with E-state index in [0.717, 1.165) is 10.9 Å². The van der Waals surface area contributed by atoms with Crippen LogP contribution in [0.5, 0.6) is 5.75 Å². The highest BCUT2D eigenvalue weighted by Gasteiger charge is 2.31. The molecule has 0 aliphatic heterocycles. The summed E-state index contributed by atoms with van der Waals surface area (Å²) in [4.78, 5) is 16.9. The summed E-state index contributed by atoms with van der Waals surface area (Å²) < 4.78 is 11.2. The lowest BCUT2D eigenvalue weighted by molar-refractivity contribution is -0.136. The Kier molecular flexibility index (Phi) is 5.21. The standard InChI is InChI=1S/C18H24N2O3/c1-6-18(4,22-5)17(21)20-14-9-10-15(23-12(2)3)16-13(14)8-7-11-19-16/h7-12H,6H2,1-5H3,(H,20,21)/t18-/m1/s1. The molecule has 0 unspecified atom stereocenters. The minimum Gasteiger partial charge on any atom is -0.489 e. The third-order valence-corrected chi connectivity index (χ3v) is 3.95. The summed E-state index contributed by atoms with van der Waals surface area (Å²) in [5, 5.41) is 3.79. The summed E-state index contributed by atoms with van der Waals surface area (Å²) in [5.41, 5.74) is 0.572. The van der Waals surface area contributed by atoms with E-state index in [9.17, 15) is 4.79 Å². The van der Waals surface area contributed by atoms with Gasteiger partial charge in [0.05, 0.1) is 11.8 Å². The highest BCUT2D eigenvalue weighted by Crippen LogP contribution is 2.31. The number of methoxy groups -OCH3 is 1. The molecule has 0 radical (unpaired) electrons. The van der Waals surface area contributed by atoms with E-state index in [1.54, 1.807) is 20.2 Å². The van der Waals surface area contributed by atoms with Crippen molar-refractivity contribution in [3.05, 3.63) is 30.5 Å². The van der Waals surface area contributed by atoms with Crippen molar-refractivity contribution in [3.63, 3.8) is 0 Å². The molecule has 5 nitrogen and oxygen atoms in total. The Morgan fingerprint density at radius 1 is 1.35 bits per heavy atom. The Labute approximate surface area is 137 Å². The van der Waals surface area contributed by atoms with Gasteiger partial charge in [-0.2, -0.15) is 0 Å². The zero-order valence-corrected chi connectivity index (χ0v) is 14.3. The van der Waals surface area contributed by atoms with Gasteiger partial charge in [-0.3, -0.25) is 9.78 Å². The van der Waals surface area contributed by atoms with Crippen molar-refractivity contribution in [1.82, 2.24) is 4.98 Å².